The van der Waals surface area contributed by atoms with Crippen molar-refractivity contribution in [2.45, 2.75) is 25.2 Å². The van der Waals surface area contributed by atoms with Crippen LogP contribution in [0, 0.1) is 18.3 Å². The predicted octanol–water partition coefficient (Wildman–Crippen LogP) is 2.67. The molecule has 1 aliphatic rings. The van der Waals surface area contributed by atoms with Gasteiger partial charge in [-0.05, 0) is 24.6 Å². The van der Waals surface area contributed by atoms with Crippen LogP contribution < -0.4 is 0 Å². The number of para-hydroxylation sites is 1. The molecule has 1 aromatic carbocycles. The highest BCUT2D eigenvalue weighted by Gasteiger charge is 2.46. The molecule has 3 rings (SSSR count). The lowest BCUT2D eigenvalue weighted by molar-refractivity contribution is -0.126. The first kappa shape index (κ1) is 10.9. The van der Waals surface area contributed by atoms with Crippen LogP contribution in [-0.2, 0) is 10.2 Å². The summed E-state index contributed by atoms with van der Waals surface area (Å²) in [5, 5.41) is 10.4. The first-order valence-corrected chi connectivity index (χ1v) is 5.94. The van der Waals surface area contributed by atoms with Gasteiger partial charge >= 0.3 is 0 Å². The first-order valence-electron chi connectivity index (χ1n) is 5.94. The Kier molecular flexibility index (Phi) is 2.21. The van der Waals surface area contributed by atoms with Gasteiger partial charge < -0.3 is 0 Å². The van der Waals surface area contributed by atoms with Crippen molar-refractivity contribution in [3.05, 3.63) is 41.6 Å². The Hall–Kier alpha value is -2.21. The van der Waals surface area contributed by atoms with Gasteiger partial charge in [-0.2, -0.15) is 5.26 Å². The molecular formula is C15H12N2O. The Balaban J connectivity index is 2.29. The van der Waals surface area contributed by atoms with Crippen LogP contribution in [0.25, 0.3) is 10.9 Å². The number of ketones is 1. The third kappa shape index (κ3) is 1.42. The van der Waals surface area contributed by atoms with Gasteiger partial charge in [-0.3, -0.25) is 9.78 Å². The quantitative estimate of drug-likeness (QED) is 0.764. The number of nitriles is 1. The van der Waals surface area contributed by atoms with Crippen molar-refractivity contribution in [1.29, 1.82) is 5.26 Å². The minimum atomic E-state index is -0.635. The lowest BCUT2D eigenvalue weighted by Crippen LogP contribution is -2.40. The number of benzene rings is 1. The third-order valence-electron chi connectivity index (χ3n) is 3.57. The Bertz CT molecular complexity index is 689. The summed E-state index contributed by atoms with van der Waals surface area (Å²) in [5.74, 6) is 0.162. The van der Waals surface area contributed by atoms with Gasteiger partial charge in [0.1, 0.15) is 5.78 Å². The standard InChI is InChI=1S/C15H12N2O/c1-10-6-13(15(9-16)7-11(18)8-15)12-4-2-3-5-14(12)17-10/h2-6H,7-8H2,1H3. The fourth-order valence-corrected chi connectivity index (χ4v) is 2.65. The van der Waals surface area contributed by atoms with E-state index in [4.69, 9.17) is 0 Å². The van der Waals surface area contributed by atoms with Gasteiger partial charge in [0.2, 0.25) is 0 Å². The lowest BCUT2D eigenvalue weighted by Gasteiger charge is -2.35. The first-order chi connectivity index (χ1) is 8.64. The maximum atomic E-state index is 11.3. The summed E-state index contributed by atoms with van der Waals surface area (Å²) >= 11 is 0. The molecule has 0 bridgehead atoms. The van der Waals surface area contributed by atoms with Crippen LogP contribution in [0.2, 0.25) is 0 Å². The number of pyridine rings is 1. The zero-order valence-electron chi connectivity index (χ0n) is 10.1. The average Bonchev–Trinajstić information content (AvgIpc) is 2.33. The molecule has 0 saturated heterocycles. The van der Waals surface area contributed by atoms with Crippen LogP contribution in [0.15, 0.2) is 30.3 Å². The van der Waals surface area contributed by atoms with Gasteiger partial charge in [-0.15, -0.1) is 0 Å². The van der Waals surface area contributed by atoms with E-state index in [2.05, 4.69) is 11.1 Å². The van der Waals surface area contributed by atoms with Gasteiger partial charge in [0.05, 0.1) is 17.0 Å². The van der Waals surface area contributed by atoms with E-state index in [0.717, 1.165) is 22.2 Å². The molecule has 1 fully saturated rings. The maximum absolute atomic E-state index is 11.3. The molecule has 3 nitrogen and oxygen atoms in total. The second kappa shape index (κ2) is 3.64. The van der Waals surface area contributed by atoms with E-state index in [9.17, 15) is 10.1 Å². The number of hydrogen-bond donors (Lipinski definition) is 0. The Morgan fingerprint density at radius 2 is 2.06 bits per heavy atom. The molecule has 1 saturated carbocycles. The Morgan fingerprint density at radius 1 is 1.33 bits per heavy atom. The molecule has 88 valence electrons. The Morgan fingerprint density at radius 3 is 2.72 bits per heavy atom. The van der Waals surface area contributed by atoms with Crippen molar-refractivity contribution in [1.82, 2.24) is 4.98 Å². The van der Waals surface area contributed by atoms with Crippen LogP contribution in [0.3, 0.4) is 0 Å². The van der Waals surface area contributed by atoms with E-state index in [-0.39, 0.29) is 5.78 Å². The molecule has 0 amide bonds. The Labute approximate surface area is 105 Å². The minimum absolute atomic E-state index is 0.162. The van der Waals surface area contributed by atoms with Crippen molar-refractivity contribution >= 4 is 16.7 Å². The van der Waals surface area contributed by atoms with Crippen LogP contribution in [0.4, 0.5) is 0 Å². The minimum Gasteiger partial charge on any atom is -0.300 e. The summed E-state index contributed by atoms with van der Waals surface area (Å²) < 4.78 is 0. The monoisotopic (exact) mass is 236 g/mol. The molecule has 1 aromatic heterocycles. The largest absolute Gasteiger partial charge is 0.300 e. The van der Waals surface area contributed by atoms with Gasteiger partial charge in [-0.25, -0.2) is 0 Å². The topological polar surface area (TPSA) is 53.8 Å². The number of carbonyl (C=O) groups is 1. The third-order valence-corrected chi connectivity index (χ3v) is 3.57. The van der Waals surface area contributed by atoms with Crippen molar-refractivity contribution in [2.75, 3.05) is 0 Å². The zero-order chi connectivity index (χ0) is 12.8. The number of nitrogens with zero attached hydrogens (tertiary/aromatic N) is 2. The number of fused-ring (bicyclic) bond motifs is 1. The second-order valence-electron chi connectivity index (χ2n) is 4.91. The molecule has 18 heavy (non-hydrogen) atoms. The number of rotatable bonds is 1. The number of hydrogen-bond acceptors (Lipinski definition) is 3. The van der Waals surface area contributed by atoms with Crippen LogP contribution in [0.1, 0.15) is 24.1 Å². The van der Waals surface area contributed by atoms with Crippen LogP contribution in [0.5, 0.6) is 0 Å². The molecule has 3 heteroatoms. The van der Waals surface area contributed by atoms with Crippen molar-refractivity contribution < 1.29 is 4.79 Å². The summed E-state index contributed by atoms with van der Waals surface area (Å²) in [7, 11) is 0. The normalized spacial score (nSPS) is 17.2. The van der Waals surface area contributed by atoms with E-state index in [1.165, 1.54) is 0 Å². The highest BCUT2D eigenvalue weighted by Crippen LogP contribution is 2.43. The molecule has 0 atom stereocenters. The van der Waals surface area contributed by atoms with Crippen LogP contribution >= 0.6 is 0 Å². The fraction of sp³-hybridized carbons (Fsp3) is 0.267. The highest BCUT2D eigenvalue weighted by atomic mass is 16.1. The number of Topliss-reactive ketones (excluding diaryl/α,β-unsaturated/α-hetero) is 1. The molecule has 0 spiro atoms. The number of carbonyl (C=O) groups excluding carboxylic acids is 1. The maximum Gasteiger partial charge on any atom is 0.136 e. The lowest BCUT2D eigenvalue weighted by atomic mass is 9.64. The smallest absolute Gasteiger partial charge is 0.136 e. The molecule has 0 N–H and O–H groups in total. The zero-order valence-corrected chi connectivity index (χ0v) is 10.1. The van der Waals surface area contributed by atoms with Crippen molar-refractivity contribution in [3.63, 3.8) is 0 Å². The SMILES string of the molecule is Cc1cc(C2(C#N)CC(=O)C2)c2ccccc2n1. The summed E-state index contributed by atoms with van der Waals surface area (Å²) in [6.07, 6.45) is 0.661. The predicted molar refractivity (Wildman–Crippen MR) is 68.0 cm³/mol. The molecular weight excluding hydrogens is 224 g/mol. The molecule has 0 radical (unpaired) electrons. The van der Waals surface area contributed by atoms with Crippen LogP contribution in [-0.4, -0.2) is 10.8 Å². The number of aromatic nitrogens is 1. The van der Waals surface area contributed by atoms with Crippen molar-refractivity contribution in [3.8, 4) is 6.07 Å². The molecule has 1 aliphatic carbocycles. The summed E-state index contributed by atoms with van der Waals surface area (Å²) in [6, 6.07) is 12.1. The van der Waals surface area contributed by atoms with Gasteiger partial charge in [0, 0.05) is 23.9 Å². The molecule has 0 unspecified atom stereocenters. The van der Waals surface area contributed by atoms with E-state index >= 15 is 0 Å². The second-order valence-corrected chi connectivity index (χ2v) is 4.91. The summed E-state index contributed by atoms with van der Waals surface area (Å²) in [5.41, 5.74) is 2.09. The summed E-state index contributed by atoms with van der Waals surface area (Å²) in [4.78, 5) is 15.8. The molecule has 1 heterocycles. The number of aryl methyl sites for hydroxylation is 1. The van der Waals surface area contributed by atoms with E-state index < -0.39 is 5.41 Å². The van der Waals surface area contributed by atoms with Crippen molar-refractivity contribution in [2.24, 2.45) is 0 Å². The highest BCUT2D eigenvalue weighted by molar-refractivity contribution is 5.94. The molecule has 0 aliphatic heterocycles. The van der Waals surface area contributed by atoms with E-state index in [0.29, 0.717) is 12.8 Å². The average molecular weight is 236 g/mol. The summed E-state index contributed by atoms with van der Waals surface area (Å²) in [6.45, 7) is 1.92. The van der Waals surface area contributed by atoms with Gasteiger partial charge in [0.25, 0.3) is 0 Å². The fourth-order valence-electron chi connectivity index (χ4n) is 2.65. The molecule has 2 aromatic rings. The van der Waals surface area contributed by atoms with Gasteiger partial charge in [-0.1, -0.05) is 18.2 Å². The van der Waals surface area contributed by atoms with E-state index in [1.54, 1.807) is 0 Å². The van der Waals surface area contributed by atoms with Gasteiger partial charge in [0.15, 0.2) is 0 Å². The van der Waals surface area contributed by atoms with E-state index in [1.807, 2.05) is 37.3 Å².